The Morgan fingerprint density at radius 1 is 1.14 bits per heavy atom. The van der Waals surface area contributed by atoms with E-state index >= 15 is 0 Å². The first-order valence-electron chi connectivity index (χ1n) is 7.46. The minimum absolute atomic E-state index is 0.153. The molecule has 0 aromatic heterocycles. The van der Waals surface area contributed by atoms with Crippen LogP contribution in [0.1, 0.15) is 39.2 Å². The second-order valence-corrected chi connectivity index (χ2v) is 6.61. The van der Waals surface area contributed by atoms with E-state index in [1.807, 2.05) is 45.0 Å². The molecule has 1 fully saturated rings. The molecule has 0 saturated carbocycles. The van der Waals surface area contributed by atoms with Gasteiger partial charge in [-0.15, -0.1) is 0 Å². The summed E-state index contributed by atoms with van der Waals surface area (Å²) in [5, 5.41) is 3.33. The fourth-order valence-electron chi connectivity index (χ4n) is 2.51. The summed E-state index contributed by atoms with van der Waals surface area (Å²) in [6, 6.07) is 7.84. The average molecular weight is 291 g/mol. The second-order valence-electron chi connectivity index (χ2n) is 6.61. The normalized spacial score (nSPS) is 18.1. The molecule has 0 radical (unpaired) electrons. The number of ether oxygens (including phenoxy) is 2. The highest BCUT2D eigenvalue weighted by Crippen LogP contribution is 2.37. The molecule has 1 aliphatic heterocycles. The molecular formula is C17H25NO3. The highest BCUT2D eigenvalue weighted by Gasteiger charge is 2.40. The molecule has 21 heavy (non-hydrogen) atoms. The molecule has 0 unspecified atom stereocenters. The molecule has 0 atom stereocenters. The van der Waals surface area contributed by atoms with Crippen molar-refractivity contribution in [3.8, 4) is 5.75 Å². The molecule has 0 amide bonds. The van der Waals surface area contributed by atoms with E-state index in [0.717, 1.165) is 37.2 Å². The topological polar surface area (TPSA) is 47.6 Å². The summed E-state index contributed by atoms with van der Waals surface area (Å²) in [6.07, 6.45) is 1.59. The van der Waals surface area contributed by atoms with E-state index in [1.54, 1.807) is 7.11 Å². The molecule has 4 heteroatoms. The Bertz CT molecular complexity index is 482. The lowest BCUT2D eigenvalue weighted by Crippen LogP contribution is -2.45. The predicted octanol–water partition coefficient (Wildman–Crippen LogP) is 2.86. The van der Waals surface area contributed by atoms with Crippen molar-refractivity contribution in [2.24, 2.45) is 5.41 Å². The van der Waals surface area contributed by atoms with Crippen molar-refractivity contribution in [2.75, 3.05) is 20.2 Å². The van der Waals surface area contributed by atoms with E-state index < -0.39 is 11.0 Å². The predicted molar refractivity (Wildman–Crippen MR) is 82.3 cm³/mol. The Balaban J connectivity index is 2.29. The lowest BCUT2D eigenvalue weighted by molar-refractivity contribution is -0.174. The monoisotopic (exact) mass is 291 g/mol. The van der Waals surface area contributed by atoms with Crippen molar-refractivity contribution in [1.29, 1.82) is 0 Å². The van der Waals surface area contributed by atoms with E-state index in [4.69, 9.17) is 9.47 Å². The molecule has 2 rings (SSSR count). The summed E-state index contributed by atoms with van der Waals surface area (Å²) in [7, 11) is 1.65. The van der Waals surface area contributed by atoms with Crippen LogP contribution in [-0.2, 0) is 15.1 Å². The molecule has 1 heterocycles. The number of benzene rings is 1. The van der Waals surface area contributed by atoms with Crippen LogP contribution in [0.15, 0.2) is 24.3 Å². The fourth-order valence-corrected chi connectivity index (χ4v) is 2.51. The third kappa shape index (κ3) is 3.56. The van der Waals surface area contributed by atoms with E-state index in [1.165, 1.54) is 0 Å². The van der Waals surface area contributed by atoms with Crippen LogP contribution in [0.3, 0.4) is 0 Å². The van der Waals surface area contributed by atoms with Crippen molar-refractivity contribution >= 4 is 5.97 Å². The number of carbonyl (C=O) groups excluding carboxylic acids is 1. The van der Waals surface area contributed by atoms with Crippen molar-refractivity contribution in [3.63, 3.8) is 0 Å². The van der Waals surface area contributed by atoms with Gasteiger partial charge in [0.25, 0.3) is 0 Å². The van der Waals surface area contributed by atoms with Gasteiger partial charge < -0.3 is 14.8 Å². The van der Waals surface area contributed by atoms with E-state index in [9.17, 15) is 4.79 Å². The Kier molecular flexibility index (Phi) is 4.57. The largest absolute Gasteiger partial charge is 0.497 e. The zero-order valence-electron chi connectivity index (χ0n) is 13.4. The van der Waals surface area contributed by atoms with Gasteiger partial charge in [0.05, 0.1) is 12.5 Å². The average Bonchev–Trinajstić information content (AvgIpc) is 2.47. The molecule has 0 spiro atoms. The van der Waals surface area contributed by atoms with Crippen LogP contribution in [-0.4, -0.2) is 26.2 Å². The Morgan fingerprint density at radius 3 is 2.19 bits per heavy atom. The van der Waals surface area contributed by atoms with Gasteiger partial charge in [-0.1, -0.05) is 12.1 Å². The zero-order chi connectivity index (χ0) is 15.5. The molecule has 116 valence electrons. The summed E-state index contributed by atoms with van der Waals surface area (Å²) >= 11 is 0. The number of hydrogen-bond donors (Lipinski definition) is 1. The summed E-state index contributed by atoms with van der Waals surface area (Å²) in [6.45, 7) is 7.36. The third-order valence-electron chi connectivity index (χ3n) is 3.93. The molecule has 4 nitrogen and oxygen atoms in total. The number of nitrogens with one attached hydrogen (secondary N) is 1. The summed E-state index contributed by atoms with van der Waals surface area (Å²) in [5.74, 6) is 0.658. The number of piperidine rings is 1. The Hall–Kier alpha value is -1.55. The lowest BCUT2D eigenvalue weighted by Gasteiger charge is -2.39. The Morgan fingerprint density at radius 2 is 1.71 bits per heavy atom. The maximum absolute atomic E-state index is 12.4. The number of hydrogen-bond acceptors (Lipinski definition) is 4. The van der Waals surface area contributed by atoms with Gasteiger partial charge in [-0.25, -0.2) is 0 Å². The maximum Gasteiger partial charge on any atom is 0.312 e. The van der Waals surface area contributed by atoms with Crippen LogP contribution in [0, 0.1) is 5.41 Å². The third-order valence-corrected chi connectivity index (χ3v) is 3.93. The molecule has 1 aliphatic rings. The minimum Gasteiger partial charge on any atom is -0.497 e. The van der Waals surface area contributed by atoms with Gasteiger partial charge in [0.2, 0.25) is 0 Å². The van der Waals surface area contributed by atoms with Gasteiger partial charge in [0, 0.05) is 12.8 Å². The highest BCUT2D eigenvalue weighted by atomic mass is 16.6. The Labute approximate surface area is 126 Å². The molecule has 1 saturated heterocycles. The van der Waals surface area contributed by atoms with Gasteiger partial charge >= 0.3 is 5.97 Å². The van der Waals surface area contributed by atoms with E-state index in [0.29, 0.717) is 0 Å². The number of rotatable bonds is 3. The zero-order valence-corrected chi connectivity index (χ0v) is 13.4. The van der Waals surface area contributed by atoms with Gasteiger partial charge in [-0.3, -0.25) is 4.79 Å². The molecular weight excluding hydrogens is 266 g/mol. The molecule has 0 bridgehead atoms. The van der Waals surface area contributed by atoms with Crippen LogP contribution < -0.4 is 10.1 Å². The molecule has 0 aliphatic carbocycles. The molecule has 1 aromatic carbocycles. The molecule has 1 aromatic rings. The van der Waals surface area contributed by atoms with Gasteiger partial charge in [-0.05, 0) is 51.6 Å². The maximum atomic E-state index is 12.4. The van der Waals surface area contributed by atoms with Crippen molar-refractivity contribution < 1.29 is 14.3 Å². The van der Waals surface area contributed by atoms with Gasteiger partial charge in [-0.2, -0.15) is 0 Å². The smallest absolute Gasteiger partial charge is 0.312 e. The van der Waals surface area contributed by atoms with E-state index in [2.05, 4.69) is 5.32 Å². The lowest BCUT2D eigenvalue weighted by atomic mass is 9.84. The second kappa shape index (κ2) is 6.06. The fraction of sp³-hybridized carbons (Fsp3) is 0.588. The van der Waals surface area contributed by atoms with Crippen LogP contribution in [0.25, 0.3) is 0 Å². The highest BCUT2D eigenvalue weighted by molar-refractivity contribution is 5.76. The quantitative estimate of drug-likeness (QED) is 0.870. The SMILES string of the molecule is COc1ccc(C2(OC(=O)C(C)(C)C)CCNCC2)cc1. The van der Waals surface area contributed by atoms with Crippen molar-refractivity contribution in [2.45, 2.75) is 39.2 Å². The summed E-state index contributed by atoms with van der Waals surface area (Å²) < 4.78 is 11.2. The van der Waals surface area contributed by atoms with Crippen molar-refractivity contribution in [3.05, 3.63) is 29.8 Å². The van der Waals surface area contributed by atoms with Gasteiger partial charge in [0.1, 0.15) is 11.4 Å². The standard InChI is InChI=1S/C17H25NO3/c1-16(2,3)15(19)21-17(9-11-18-12-10-17)13-5-7-14(20-4)8-6-13/h5-8,18H,9-12H2,1-4H3. The van der Waals surface area contributed by atoms with E-state index in [-0.39, 0.29) is 5.97 Å². The van der Waals surface area contributed by atoms with Crippen molar-refractivity contribution in [1.82, 2.24) is 5.32 Å². The first-order chi connectivity index (χ1) is 9.87. The number of methoxy groups -OCH3 is 1. The number of esters is 1. The van der Waals surface area contributed by atoms with Crippen LogP contribution in [0.4, 0.5) is 0 Å². The van der Waals surface area contributed by atoms with Crippen LogP contribution >= 0.6 is 0 Å². The first-order valence-corrected chi connectivity index (χ1v) is 7.46. The number of carbonyl (C=O) groups is 1. The summed E-state index contributed by atoms with van der Waals surface area (Å²) in [5.41, 5.74) is 0.0223. The minimum atomic E-state index is -0.526. The van der Waals surface area contributed by atoms with Gasteiger partial charge in [0.15, 0.2) is 0 Å². The van der Waals surface area contributed by atoms with Crippen LogP contribution in [0.2, 0.25) is 0 Å². The van der Waals surface area contributed by atoms with Crippen LogP contribution in [0.5, 0.6) is 5.75 Å². The summed E-state index contributed by atoms with van der Waals surface area (Å²) in [4.78, 5) is 12.4. The first kappa shape index (κ1) is 15.8. The molecule has 1 N–H and O–H groups in total.